The number of benzene rings is 1. The lowest BCUT2D eigenvalue weighted by Gasteiger charge is -2.20. The fourth-order valence-corrected chi connectivity index (χ4v) is 3.16. The molecular formula is C20H20ClN3O5. The number of esters is 1. The Morgan fingerprint density at radius 2 is 2.03 bits per heavy atom. The first-order valence-corrected chi connectivity index (χ1v) is 9.33. The molecule has 1 aromatic carbocycles. The normalized spacial score (nSPS) is 17.0. The Bertz CT molecular complexity index is 936. The number of nitrogens with one attached hydrogen (secondary N) is 1. The van der Waals surface area contributed by atoms with Crippen molar-refractivity contribution < 1.29 is 23.9 Å². The van der Waals surface area contributed by atoms with Gasteiger partial charge >= 0.3 is 5.97 Å². The monoisotopic (exact) mass is 417 g/mol. The minimum atomic E-state index is -1.06. The molecule has 1 aliphatic heterocycles. The molecule has 1 saturated heterocycles. The van der Waals surface area contributed by atoms with Crippen LogP contribution in [0.15, 0.2) is 42.6 Å². The maximum atomic E-state index is 12.5. The summed E-state index contributed by atoms with van der Waals surface area (Å²) in [5.74, 6) is -1.51. The van der Waals surface area contributed by atoms with Crippen LogP contribution in [0.4, 0.5) is 11.4 Å². The van der Waals surface area contributed by atoms with Crippen molar-refractivity contribution in [1.29, 1.82) is 0 Å². The molecule has 9 heteroatoms. The summed E-state index contributed by atoms with van der Waals surface area (Å²) in [5.41, 5.74) is 0.910. The van der Waals surface area contributed by atoms with E-state index in [2.05, 4.69) is 10.3 Å². The number of ether oxygens (including phenoxy) is 2. The zero-order valence-corrected chi connectivity index (χ0v) is 16.7. The van der Waals surface area contributed by atoms with E-state index in [1.807, 2.05) is 0 Å². The molecule has 2 heterocycles. The maximum Gasteiger partial charge on any atom is 0.312 e. The van der Waals surface area contributed by atoms with Crippen molar-refractivity contribution in [2.75, 3.05) is 23.9 Å². The molecule has 0 radical (unpaired) electrons. The number of hydrogen-bond donors (Lipinski definition) is 1. The van der Waals surface area contributed by atoms with Gasteiger partial charge in [0.25, 0.3) is 5.91 Å². The first-order valence-electron chi connectivity index (χ1n) is 8.96. The van der Waals surface area contributed by atoms with E-state index >= 15 is 0 Å². The number of anilines is 2. The number of methoxy groups -OCH3 is 1. The molecule has 0 bridgehead atoms. The number of halogens is 1. The predicted molar refractivity (Wildman–Crippen MR) is 107 cm³/mol. The van der Waals surface area contributed by atoms with Crippen LogP contribution in [0, 0.1) is 5.92 Å². The number of amides is 2. The molecule has 2 amide bonds. The molecule has 3 rings (SSSR count). The van der Waals surface area contributed by atoms with E-state index in [0.29, 0.717) is 17.1 Å². The van der Waals surface area contributed by atoms with Crippen molar-refractivity contribution in [1.82, 2.24) is 4.98 Å². The summed E-state index contributed by atoms with van der Waals surface area (Å²) < 4.78 is 10.6. The number of rotatable bonds is 6. The molecule has 1 aliphatic rings. The second-order valence-electron chi connectivity index (χ2n) is 6.49. The Hall–Kier alpha value is -3.13. The third-order valence-electron chi connectivity index (χ3n) is 4.51. The van der Waals surface area contributed by atoms with Gasteiger partial charge in [-0.05, 0) is 31.2 Å². The van der Waals surface area contributed by atoms with E-state index in [9.17, 15) is 14.4 Å². The molecular weight excluding hydrogens is 398 g/mol. The number of nitrogens with zero attached hydrogens (tertiary/aromatic N) is 2. The van der Waals surface area contributed by atoms with Gasteiger partial charge in [-0.15, -0.1) is 0 Å². The first-order chi connectivity index (χ1) is 13.9. The summed E-state index contributed by atoms with van der Waals surface area (Å²) in [6.45, 7) is 1.60. The number of carbonyl (C=O) groups is 3. The second kappa shape index (κ2) is 8.91. The average Bonchev–Trinajstić information content (AvgIpc) is 3.11. The Labute approximate surface area is 172 Å². The van der Waals surface area contributed by atoms with Gasteiger partial charge < -0.3 is 19.7 Å². The van der Waals surface area contributed by atoms with Crippen molar-refractivity contribution in [3.63, 3.8) is 0 Å². The SMILES string of the molecule is COc1ccccc1N1C[C@H](C(=O)O[C@H](C)C(=O)Nc2cccnc2Cl)CC1=O. The smallest absolute Gasteiger partial charge is 0.312 e. The highest BCUT2D eigenvalue weighted by Gasteiger charge is 2.38. The molecule has 0 unspecified atom stereocenters. The summed E-state index contributed by atoms with van der Waals surface area (Å²) in [7, 11) is 1.51. The Morgan fingerprint density at radius 3 is 2.76 bits per heavy atom. The molecule has 29 heavy (non-hydrogen) atoms. The lowest BCUT2D eigenvalue weighted by molar-refractivity contribution is -0.157. The quantitative estimate of drug-likeness (QED) is 0.573. The van der Waals surface area contributed by atoms with Crippen LogP contribution in [0.1, 0.15) is 13.3 Å². The van der Waals surface area contributed by atoms with Crippen LogP contribution >= 0.6 is 11.6 Å². The third kappa shape index (κ3) is 4.65. The molecule has 8 nitrogen and oxygen atoms in total. The topological polar surface area (TPSA) is 97.8 Å². The minimum absolute atomic E-state index is 0.000343. The van der Waals surface area contributed by atoms with Crippen LogP contribution in [0.3, 0.4) is 0 Å². The van der Waals surface area contributed by atoms with Crippen molar-refractivity contribution in [3.05, 3.63) is 47.7 Å². The van der Waals surface area contributed by atoms with Crippen LogP contribution in [0.5, 0.6) is 5.75 Å². The number of aromatic nitrogens is 1. The largest absolute Gasteiger partial charge is 0.495 e. The van der Waals surface area contributed by atoms with Crippen LogP contribution < -0.4 is 15.0 Å². The lowest BCUT2D eigenvalue weighted by atomic mass is 10.1. The fourth-order valence-electron chi connectivity index (χ4n) is 2.99. The Morgan fingerprint density at radius 1 is 1.28 bits per heavy atom. The maximum absolute atomic E-state index is 12.5. The second-order valence-corrected chi connectivity index (χ2v) is 6.85. The van der Waals surface area contributed by atoms with E-state index in [4.69, 9.17) is 21.1 Å². The third-order valence-corrected chi connectivity index (χ3v) is 4.81. The van der Waals surface area contributed by atoms with E-state index in [-0.39, 0.29) is 24.0 Å². The Kier molecular flexibility index (Phi) is 6.33. The summed E-state index contributed by atoms with van der Waals surface area (Å²) in [6.07, 6.45) is 0.431. The van der Waals surface area contributed by atoms with Crippen LogP contribution in [-0.2, 0) is 19.1 Å². The van der Waals surface area contributed by atoms with Crippen LogP contribution in [0.25, 0.3) is 0 Å². The molecule has 0 aliphatic carbocycles. The molecule has 2 atom stereocenters. The van der Waals surface area contributed by atoms with Crippen LogP contribution in [0.2, 0.25) is 5.15 Å². The van der Waals surface area contributed by atoms with Gasteiger partial charge in [0.05, 0.1) is 24.4 Å². The summed E-state index contributed by atoms with van der Waals surface area (Å²) in [6, 6.07) is 10.3. The zero-order chi connectivity index (χ0) is 21.0. The predicted octanol–water partition coefficient (Wildman–Crippen LogP) is 2.67. The van der Waals surface area contributed by atoms with Gasteiger partial charge in [-0.25, -0.2) is 4.98 Å². The van der Waals surface area contributed by atoms with Crippen molar-refractivity contribution in [3.8, 4) is 5.75 Å². The number of hydrogen-bond acceptors (Lipinski definition) is 6. The van der Waals surface area contributed by atoms with Crippen molar-refractivity contribution in [2.24, 2.45) is 5.92 Å². The first kappa shape index (κ1) is 20.6. The summed E-state index contributed by atoms with van der Waals surface area (Å²) >= 11 is 5.91. The highest BCUT2D eigenvalue weighted by atomic mass is 35.5. The highest BCUT2D eigenvalue weighted by Crippen LogP contribution is 2.33. The molecule has 0 saturated carbocycles. The van der Waals surface area contributed by atoms with Gasteiger partial charge in [0.15, 0.2) is 11.3 Å². The van der Waals surface area contributed by atoms with Gasteiger partial charge in [-0.2, -0.15) is 0 Å². The van der Waals surface area contributed by atoms with E-state index in [1.54, 1.807) is 36.4 Å². The molecule has 2 aromatic rings. The average molecular weight is 418 g/mol. The number of pyridine rings is 1. The van der Waals surface area contributed by atoms with Gasteiger partial charge in [-0.1, -0.05) is 23.7 Å². The lowest BCUT2D eigenvalue weighted by Crippen LogP contribution is -2.33. The standard InChI is InChI=1S/C20H20ClN3O5/c1-12(19(26)23-14-6-5-9-22-18(14)21)29-20(27)13-10-17(25)24(11-13)15-7-3-4-8-16(15)28-2/h3-9,12-13H,10-11H2,1-2H3,(H,23,26)/t12-,13-/m1/s1. The van der Waals surface area contributed by atoms with E-state index in [0.717, 1.165) is 0 Å². The van der Waals surface area contributed by atoms with Crippen molar-refractivity contribution in [2.45, 2.75) is 19.4 Å². The summed E-state index contributed by atoms with van der Waals surface area (Å²) in [5, 5.41) is 2.69. The molecule has 1 fully saturated rings. The van der Waals surface area contributed by atoms with Gasteiger partial charge in [0.1, 0.15) is 5.75 Å². The van der Waals surface area contributed by atoms with Crippen LogP contribution in [-0.4, -0.2) is 42.5 Å². The molecule has 1 aromatic heterocycles. The van der Waals surface area contributed by atoms with Gasteiger partial charge in [0.2, 0.25) is 5.91 Å². The van der Waals surface area contributed by atoms with Gasteiger partial charge in [0, 0.05) is 19.2 Å². The summed E-state index contributed by atoms with van der Waals surface area (Å²) in [4.78, 5) is 42.6. The number of para-hydroxylation sites is 2. The van der Waals surface area contributed by atoms with E-state index < -0.39 is 23.9 Å². The molecule has 0 spiro atoms. The van der Waals surface area contributed by atoms with Gasteiger partial charge in [-0.3, -0.25) is 14.4 Å². The Balaban J connectivity index is 1.61. The zero-order valence-electron chi connectivity index (χ0n) is 15.9. The van der Waals surface area contributed by atoms with Crippen molar-refractivity contribution >= 4 is 40.8 Å². The number of carbonyl (C=O) groups excluding carboxylic acids is 3. The van der Waals surface area contributed by atoms with E-state index in [1.165, 1.54) is 25.1 Å². The highest BCUT2D eigenvalue weighted by molar-refractivity contribution is 6.32. The fraction of sp³-hybridized carbons (Fsp3) is 0.300. The minimum Gasteiger partial charge on any atom is -0.495 e. The molecule has 152 valence electrons. The molecule has 1 N–H and O–H groups in total.